The predicted molar refractivity (Wildman–Crippen MR) is 69.1 cm³/mol. The van der Waals surface area contributed by atoms with Crippen LogP contribution >= 0.6 is 11.8 Å². The van der Waals surface area contributed by atoms with E-state index in [4.69, 9.17) is 5.73 Å². The maximum atomic E-state index is 11.4. The number of rotatable bonds is 3. The lowest BCUT2D eigenvalue weighted by Crippen LogP contribution is -2.25. The number of nitrogens with two attached hydrogens (primary N) is 1. The molecular weight excluding hydrogens is 236 g/mol. The third kappa shape index (κ3) is 2.62. The summed E-state index contributed by atoms with van der Waals surface area (Å²) in [6.45, 7) is 2.56. The minimum absolute atomic E-state index is 0.0751. The molecule has 17 heavy (non-hydrogen) atoms. The SMILES string of the molecule is CC(=O)N1CCc2cc(SC(O)CN)ccc21. The summed E-state index contributed by atoms with van der Waals surface area (Å²) in [6, 6.07) is 5.89. The van der Waals surface area contributed by atoms with Crippen molar-refractivity contribution in [3.63, 3.8) is 0 Å². The summed E-state index contributed by atoms with van der Waals surface area (Å²) in [5.74, 6) is 0.0751. The number of aliphatic hydroxyl groups is 1. The van der Waals surface area contributed by atoms with E-state index in [-0.39, 0.29) is 12.5 Å². The highest BCUT2D eigenvalue weighted by atomic mass is 32.2. The molecular formula is C12H16N2O2S. The number of hydrogen-bond acceptors (Lipinski definition) is 4. The first kappa shape index (κ1) is 12.4. The Kier molecular flexibility index (Phi) is 3.71. The van der Waals surface area contributed by atoms with E-state index in [0.717, 1.165) is 29.1 Å². The minimum Gasteiger partial charge on any atom is -0.381 e. The van der Waals surface area contributed by atoms with Gasteiger partial charge in [-0.05, 0) is 30.2 Å². The van der Waals surface area contributed by atoms with Crippen LogP contribution in [0.2, 0.25) is 0 Å². The summed E-state index contributed by atoms with van der Waals surface area (Å²) >= 11 is 1.35. The number of hydrogen-bond donors (Lipinski definition) is 2. The number of nitrogens with zero attached hydrogens (tertiary/aromatic N) is 1. The molecule has 4 nitrogen and oxygen atoms in total. The van der Waals surface area contributed by atoms with Gasteiger partial charge in [0.25, 0.3) is 0 Å². The van der Waals surface area contributed by atoms with Crippen molar-refractivity contribution in [2.24, 2.45) is 5.73 Å². The van der Waals surface area contributed by atoms with Crippen LogP contribution in [0.3, 0.4) is 0 Å². The molecule has 0 saturated carbocycles. The molecule has 1 atom stereocenters. The monoisotopic (exact) mass is 252 g/mol. The summed E-state index contributed by atoms with van der Waals surface area (Å²) in [4.78, 5) is 14.2. The molecule has 1 aromatic carbocycles. The van der Waals surface area contributed by atoms with Gasteiger partial charge >= 0.3 is 0 Å². The highest BCUT2D eigenvalue weighted by Crippen LogP contribution is 2.32. The van der Waals surface area contributed by atoms with E-state index in [2.05, 4.69) is 0 Å². The molecule has 1 aromatic rings. The number of thioether (sulfide) groups is 1. The predicted octanol–water partition coefficient (Wildman–Crippen LogP) is 0.965. The van der Waals surface area contributed by atoms with Crippen molar-refractivity contribution in [1.82, 2.24) is 0 Å². The van der Waals surface area contributed by atoms with Gasteiger partial charge in [0.05, 0.1) is 0 Å². The first-order valence-electron chi connectivity index (χ1n) is 5.57. The van der Waals surface area contributed by atoms with Crippen LogP contribution in [-0.4, -0.2) is 29.5 Å². The fourth-order valence-corrected chi connectivity index (χ4v) is 2.75. The van der Waals surface area contributed by atoms with Gasteiger partial charge in [0.1, 0.15) is 5.44 Å². The zero-order chi connectivity index (χ0) is 12.4. The molecule has 3 N–H and O–H groups in total. The summed E-state index contributed by atoms with van der Waals surface area (Å²) in [6.07, 6.45) is 0.877. The molecule has 0 saturated heterocycles. The number of carbonyl (C=O) groups is 1. The van der Waals surface area contributed by atoms with Crippen molar-refractivity contribution in [1.29, 1.82) is 0 Å². The second-order valence-electron chi connectivity index (χ2n) is 4.02. The first-order chi connectivity index (χ1) is 8.11. The fourth-order valence-electron chi connectivity index (χ4n) is 1.98. The molecule has 0 fully saturated rings. The Balaban J connectivity index is 2.19. The molecule has 1 aliphatic heterocycles. The molecule has 5 heteroatoms. The Labute approximate surface area is 105 Å². The quantitative estimate of drug-likeness (QED) is 0.621. The second kappa shape index (κ2) is 5.08. The second-order valence-corrected chi connectivity index (χ2v) is 5.27. The third-order valence-corrected chi connectivity index (χ3v) is 3.79. The molecule has 0 spiro atoms. The summed E-state index contributed by atoms with van der Waals surface area (Å²) < 4.78 is 0. The number of amides is 1. The summed E-state index contributed by atoms with van der Waals surface area (Å²) in [5.41, 5.74) is 6.95. The van der Waals surface area contributed by atoms with Gasteiger partial charge < -0.3 is 15.7 Å². The van der Waals surface area contributed by atoms with Gasteiger partial charge in [-0.15, -0.1) is 0 Å². The van der Waals surface area contributed by atoms with E-state index in [9.17, 15) is 9.90 Å². The highest BCUT2D eigenvalue weighted by molar-refractivity contribution is 7.99. The Bertz CT molecular complexity index is 437. The lowest BCUT2D eigenvalue weighted by Gasteiger charge is -2.15. The smallest absolute Gasteiger partial charge is 0.223 e. The van der Waals surface area contributed by atoms with Gasteiger partial charge in [0, 0.05) is 30.6 Å². The molecule has 1 heterocycles. The van der Waals surface area contributed by atoms with Crippen molar-refractivity contribution < 1.29 is 9.90 Å². The maximum Gasteiger partial charge on any atom is 0.223 e. The minimum atomic E-state index is -0.571. The van der Waals surface area contributed by atoms with Crippen molar-refractivity contribution in [3.05, 3.63) is 23.8 Å². The first-order valence-corrected chi connectivity index (χ1v) is 6.45. The van der Waals surface area contributed by atoms with E-state index in [1.165, 1.54) is 11.8 Å². The van der Waals surface area contributed by atoms with Crippen LogP contribution in [0.4, 0.5) is 5.69 Å². The molecule has 0 aromatic heterocycles. The maximum absolute atomic E-state index is 11.4. The average Bonchev–Trinajstić information content (AvgIpc) is 2.71. The highest BCUT2D eigenvalue weighted by Gasteiger charge is 2.22. The van der Waals surface area contributed by atoms with Gasteiger partial charge in [0.15, 0.2) is 0 Å². The fraction of sp³-hybridized carbons (Fsp3) is 0.417. The largest absolute Gasteiger partial charge is 0.381 e. The standard InChI is InChI=1S/C12H16N2O2S/c1-8(15)14-5-4-9-6-10(2-3-11(9)14)17-12(16)7-13/h2-3,6,12,16H,4-5,7,13H2,1H3. The summed E-state index contributed by atoms with van der Waals surface area (Å²) in [5, 5.41) is 9.47. The van der Waals surface area contributed by atoms with Crippen molar-refractivity contribution in [2.45, 2.75) is 23.7 Å². The zero-order valence-electron chi connectivity index (χ0n) is 9.72. The van der Waals surface area contributed by atoms with Crippen molar-refractivity contribution in [3.8, 4) is 0 Å². The van der Waals surface area contributed by atoms with Crippen molar-refractivity contribution >= 4 is 23.4 Å². The average molecular weight is 252 g/mol. The van der Waals surface area contributed by atoms with Crippen LogP contribution in [0.15, 0.2) is 23.1 Å². The van der Waals surface area contributed by atoms with E-state index in [1.54, 1.807) is 11.8 Å². The van der Waals surface area contributed by atoms with Gasteiger partial charge in [0.2, 0.25) is 5.91 Å². The van der Waals surface area contributed by atoms with Crippen LogP contribution in [0.5, 0.6) is 0 Å². The molecule has 1 unspecified atom stereocenters. The Hall–Kier alpha value is -1.04. The topological polar surface area (TPSA) is 66.6 Å². The van der Waals surface area contributed by atoms with Crippen LogP contribution in [0.1, 0.15) is 12.5 Å². The Morgan fingerprint density at radius 1 is 1.65 bits per heavy atom. The van der Waals surface area contributed by atoms with Gasteiger partial charge in [-0.3, -0.25) is 4.79 Å². The number of carbonyl (C=O) groups excluding carboxylic acids is 1. The number of anilines is 1. The zero-order valence-corrected chi connectivity index (χ0v) is 10.5. The van der Waals surface area contributed by atoms with E-state index in [0.29, 0.717) is 0 Å². The lowest BCUT2D eigenvalue weighted by molar-refractivity contribution is -0.116. The molecule has 1 amide bonds. The van der Waals surface area contributed by atoms with Crippen LogP contribution < -0.4 is 10.6 Å². The van der Waals surface area contributed by atoms with Gasteiger partial charge in [-0.1, -0.05) is 11.8 Å². The lowest BCUT2D eigenvalue weighted by atomic mass is 10.2. The number of benzene rings is 1. The molecule has 92 valence electrons. The summed E-state index contributed by atoms with van der Waals surface area (Å²) in [7, 11) is 0. The third-order valence-electron chi connectivity index (χ3n) is 2.80. The number of aliphatic hydroxyl groups excluding tert-OH is 1. The van der Waals surface area contributed by atoms with Crippen LogP contribution in [0.25, 0.3) is 0 Å². The number of fused-ring (bicyclic) bond motifs is 1. The van der Waals surface area contributed by atoms with Gasteiger partial charge in [-0.25, -0.2) is 0 Å². The molecule has 2 rings (SSSR count). The van der Waals surface area contributed by atoms with Crippen LogP contribution in [0, 0.1) is 0 Å². The normalized spacial score (nSPS) is 15.8. The molecule has 0 radical (unpaired) electrons. The molecule has 0 aliphatic carbocycles. The van der Waals surface area contributed by atoms with Crippen molar-refractivity contribution in [2.75, 3.05) is 18.0 Å². The molecule has 1 aliphatic rings. The van der Waals surface area contributed by atoms with Crippen LogP contribution in [-0.2, 0) is 11.2 Å². The Morgan fingerprint density at radius 3 is 3.06 bits per heavy atom. The van der Waals surface area contributed by atoms with E-state index in [1.807, 2.05) is 18.2 Å². The Morgan fingerprint density at radius 2 is 2.41 bits per heavy atom. The van der Waals surface area contributed by atoms with Gasteiger partial charge in [-0.2, -0.15) is 0 Å². The van der Waals surface area contributed by atoms with E-state index >= 15 is 0 Å². The molecule has 0 bridgehead atoms. The van der Waals surface area contributed by atoms with E-state index < -0.39 is 5.44 Å².